The summed E-state index contributed by atoms with van der Waals surface area (Å²) in [7, 11) is 0. The van der Waals surface area contributed by atoms with Gasteiger partial charge < -0.3 is 9.47 Å². The highest BCUT2D eigenvalue weighted by Gasteiger charge is 2.51. The third kappa shape index (κ3) is 6.57. The van der Waals surface area contributed by atoms with E-state index in [1.165, 1.54) is 30.3 Å². The van der Waals surface area contributed by atoms with Crippen LogP contribution in [0.3, 0.4) is 0 Å². The van der Waals surface area contributed by atoms with Crippen LogP contribution < -0.4 is 15.4 Å². The predicted octanol–water partition coefficient (Wildman–Crippen LogP) is 5.60. The van der Waals surface area contributed by atoms with Gasteiger partial charge in [0.25, 0.3) is 0 Å². The molecule has 3 atom stereocenters. The molecule has 35 heavy (non-hydrogen) atoms. The molecule has 0 aromatic heterocycles. The third-order valence-electron chi connectivity index (χ3n) is 5.43. The van der Waals surface area contributed by atoms with Crippen LogP contribution in [0.4, 0.5) is 36.8 Å². The summed E-state index contributed by atoms with van der Waals surface area (Å²) in [6.45, 7) is 1.68. The van der Waals surface area contributed by atoms with Gasteiger partial charge in [0, 0.05) is 17.6 Å². The zero-order valence-electron chi connectivity index (χ0n) is 18.3. The van der Waals surface area contributed by atoms with E-state index < -0.39 is 47.6 Å². The van der Waals surface area contributed by atoms with Crippen molar-refractivity contribution in [2.24, 2.45) is 0 Å². The Labute approximate surface area is 196 Å². The van der Waals surface area contributed by atoms with Crippen molar-refractivity contribution >= 4 is 11.8 Å². The van der Waals surface area contributed by atoms with Crippen molar-refractivity contribution in [2.75, 3.05) is 18.5 Å². The quantitative estimate of drug-likeness (QED) is 0.504. The zero-order chi connectivity index (χ0) is 25.8. The molecule has 188 valence electrons. The molecular formula is C23H21F6N3O3. The van der Waals surface area contributed by atoms with Gasteiger partial charge in [-0.2, -0.15) is 31.6 Å². The van der Waals surface area contributed by atoms with Gasteiger partial charge >= 0.3 is 18.4 Å². The summed E-state index contributed by atoms with van der Waals surface area (Å²) in [6, 6.07) is 7.22. The molecule has 1 aliphatic rings. The van der Waals surface area contributed by atoms with Crippen LogP contribution in [0, 0.1) is 11.3 Å². The second-order valence-corrected chi connectivity index (χ2v) is 7.82. The number of hydrogen-bond donors (Lipinski definition) is 2. The lowest BCUT2D eigenvalue weighted by molar-refractivity contribution is -0.156. The predicted molar refractivity (Wildman–Crippen MR) is 113 cm³/mol. The number of hydrogen-bond acceptors (Lipinski definition) is 5. The molecule has 0 spiro atoms. The van der Waals surface area contributed by atoms with Gasteiger partial charge in [-0.15, -0.1) is 0 Å². The lowest BCUT2D eigenvalue weighted by atomic mass is 9.88. The molecule has 0 bridgehead atoms. The van der Waals surface area contributed by atoms with Gasteiger partial charge in [-0.05, 0) is 55.3 Å². The third-order valence-corrected chi connectivity index (χ3v) is 5.43. The molecule has 2 N–H and O–H groups in total. The van der Waals surface area contributed by atoms with E-state index in [1.54, 1.807) is 6.92 Å². The van der Waals surface area contributed by atoms with E-state index in [4.69, 9.17) is 14.7 Å². The average Bonchev–Trinajstić information content (AvgIpc) is 3.23. The molecule has 1 aliphatic heterocycles. The van der Waals surface area contributed by atoms with Gasteiger partial charge in [-0.3, -0.25) is 10.6 Å². The Hall–Kier alpha value is -3.46. The number of alkyl halides is 6. The number of amides is 1. The number of benzene rings is 2. The SMILES string of the molecule is CCOC(=O)Nc1ccc(OC[C@@H]2CC(c3ccc(C#N)c(C(F)(F)F)c3)[C@H](C(F)(F)F)N2)cc1. The number of anilines is 1. The van der Waals surface area contributed by atoms with E-state index in [9.17, 15) is 31.1 Å². The van der Waals surface area contributed by atoms with Crippen LogP contribution >= 0.6 is 0 Å². The first kappa shape index (κ1) is 26.2. The van der Waals surface area contributed by atoms with E-state index in [-0.39, 0.29) is 25.2 Å². The van der Waals surface area contributed by atoms with Crippen molar-refractivity contribution in [3.8, 4) is 11.8 Å². The lowest BCUT2D eigenvalue weighted by Gasteiger charge is -2.23. The number of nitriles is 1. The Bertz CT molecular complexity index is 1080. The Morgan fingerprint density at radius 1 is 1.14 bits per heavy atom. The summed E-state index contributed by atoms with van der Waals surface area (Å²) in [5.41, 5.74) is -1.66. The van der Waals surface area contributed by atoms with Crippen LogP contribution in [-0.4, -0.2) is 37.6 Å². The van der Waals surface area contributed by atoms with Crippen LogP contribution in [0.25, 0.3) is 0 Å². The minimum atomic E-state index is -4.88. The Kier molecular flexibility index (Phi) is 7.80. The monoisotopic (exact) mass is 501 g/mol. The Morgan fingerprint density at radius 2 is 1.83 bits per heavy atom. The molecule has 0 aliphatic carbocycles. The minimum absolute atomic E-state index is 0.129. The average molecular weight is 501 g/mol. The Balaban J connectivity index is 1.72. The molecule has 6 nitrogen and oxygen atoms in total. The number of rotatable bonds is 6. The highest BCUT2D eigenvalue weighted by Crippen LogP contribution is 2.42. The minimum Gasteiger partial charge on any atom is -0.492 e. The summed E-state index contributed by atoms with van der Waals surface area (Å²) in [5.74, 6) is -0.973. The summed E-state index contributed by atoms with van der Waals surface area (Å²) in [4.78, 5) is 11.4. The fourth-order valence-electron chi connectivity index (χ4n) is 3.89. The standard InChI is InChI=1S/C23H21F6N3O3/c1-2-34-21(33)32-15-5-7-17(8-6-15)35-12-16-10-18(20(31-16)23(27,28)29)13-3-4-14(11-30)19(9-13)22(24,25)26/h3-9,16,18,20,31H,2,10,12H2,1H3,(H,32,33)/t16-,18?,20+/m0/s1. The van der Waals surface area contributed by atoms with Crippen molar-refractivity contribution < 1.29 is 40.6 Å². The van der Waals surface area contributed by atoms with Crippen LogP contribution in [0.1, 0.15) is 36.0 Å². The zero-order valence-corrected chi connectivity index (χ0v) is 18.3. The number of carbonyl (C=O) groups is 1. The highest BCUT2D eigenvalue weighted by atomic mass is 19.4. The van der Waals surface area contributed by atoms with Crippen LogP contribution in [0.2, 0.25) is 0 Å². The van der Waals surface area contributed by atoms with E-state index in [0.717, 1.165) is 12.1 Å². The largest absolute Gasteiger partial charge is 0.492 e. The summed E-state index contributed by atoms with van der Waals surface area (Å²) in [6.07, 6.45) is -10.4. The van der Waals surface area contributed by atoms with E-state index in [0.29, 0.717) is 17.5 Å². The second-order valence-electron chi connectivity index (χ2n) is 7.82. The van der Waals surface area contributed by atoms with Crippen LogP contribution in [-0.2, 0) is 10.9 Å². The summed E-state index contributed by atoms with van der Waals surface area (Å²) >= 11 is 0. The molecule has 0 saturated carbocycles. The molecular weight excluding hydrogens is 480 g/mol. The van der Waals surface area contributed by atoms with Crippen molar-refractivity contribution in [1.29, 1.82) is 5.26 Å². The van der Waals surface area contributed by atoms with Crippen LogP contribution in [0.5, 0.6) is 5.75 Å². The number of nitrogens with one attached hydrogen (secondary N) is 2. The fraction of sp³-hybridized carbons (Fsp3) is 0.391. The van der Waals surface area contributed by atoms with E-state index in [2.05, 4.69) is 10.6 Å². The molecule has 2 aromatic carbocycles. The van der Waals surface area contributed by atoms with Crippen molar-refractivity contribution in [3.05, 3.63) is 59.2 Å². The van der Waals surface area contributed by atoms with Crippen molar-refractivity contribution in [3.63, 3.8) is 0 Å². The van der Waals surface area contributed by atoms with Gasteiger partial charge in [0.1, 0.15) is 18.4 Å². The molecule has 1 saturated heterocycles. The lowest BCUT2D eigenvalue weighted by Crippen LogP contribution is -2.44. The molecule has 1 amide bonds. The molecule has 3 rings (SSSR count). The second kappa shape index (κ2) is 10.4. The molecule has 12 heteroatoms. The summed E-state index contributed by atoms with van der Waals surface area (Å²) in [5, 5.41) is 13.8. The number of nitrogens with zero attached hydrogens (tertiary/aromatic N) is 1. The van der Waals surface area contributed by atoms with Crippen LogP contribution in [0.15, 0.2) is 42.5 Å². The van der Waals surface area contributed by atoms with E-state index in [1.807, 2.05) is 0 Å². The topological polar surface area (TPSA) is 83.4 Å². The maximum absolute atomic E-state index is 13.7. The first-order valence-electron chi connectivity index (χ1n) is 10.5. The number of ether oxygens (including phenoxy) is 2. The fourth-order valence-corrected chi connectivity index (χ4v) is 3.89. The smallest absolute Gasteiger partial charge is 0.417 e. The Morgan fingerprint density at radius 3 is 2.40 bits per heavy atom. The van der Waals surface area contributed by atoms with Gasteiger partial charge in [0.15, 0.2) is 0 Å². The molecule has 0 radical (unpaired) electrons. The van der Waals surface area contributed by atoms with Crippen molar-refractivity contribution in [2.45, 2.75) is 43.7 Å². The molecule has 1 fully saturated rings. The normalized spacial score (nSPS) is 20.2. The van der Waals surface area contributed by atoms with Crippen molar-refractivity contribution in [1.82, 2.24) is 5.32 Å². The van der Waals surface area contributed by atoms with Gasteiger partial charge in [0.05, 0.1) is 23.8 Å². The van der Waals surface area contributed by atoms with Gasteiger partial charge in [0.2, 0.25) is 0 Å². The molecule has 2 aromatic rings. The summed E-state index contributed by atoms with van der Waals surface area (Å²) < 4.78 is 91.3. The number of halogens is 6. The highest BCUT2D eigenvalue weighted by molar-refractivity contribution is 5.84. The maximum atomic E-state index is 13.7. The first-order chi connectivity index (χ1) is 16.4. The first-order valence-corrected chi connectivity index (χ1v) is 10.5. The molecule has 1 heterocycles. The molecule has 1 unspecified atom stereocenters. The number of carbonyl (C=O) groups excluding carboxylic acids is 1. The van der Waals surface area contributed by atoms with Gasteiger partial charge in [-0.1, -0.05) is 6.07 Å². The maximum Gasteiger partial charge on any atom is 0.417 e. The van der Waals surface area contributed by atoms with Gasteiger partial charge in [-0.25, -0.2) is 4.79 Å². The van der Waals surface area contributed by atoms with E-state index >= 15 is 0 Å².